The molecule has 2 aromatic rings. The number of fused-ring (bicyclic) bond motifs is 1. The molecule has 0 saturated heterocycles. The first-order valence-corrected chi connectivity index (χ1v) is 10.3. The number of thiazole rings is 1. The van der Waals surface area contributed by atoms with Gasteiger partial charge in [0.25, 0.3) is 0 Å². The van der Waals surface area contributed by atoms with Gasteiger partial charge in [-0.15, -0.1) is 0 Å². The Morgan fingerprint density at radius 3 is 2.69 bits per heavy atom. The lowest BCUT2D eigenvalue weighted by molar-refractivity contribution is -0.134. The molecular formula is C20H25N3O2S. The third kappa shape index (κ3) is 3.61. The fraction of sp³-hybridized carbons (Fsp3) is 0.550. The van der Waals surface area contributed by atoms with E-state index in [9.17, 15) is 9.59 Å². The van der Waals surface area contributed by atoms with Crippen LogP contribution in [0.15, 0.2) is 18.2 Å². The van der Waals surface area contributed by atoms with E-state index in [2.05, 4.69) is 15.6 Å². The quantitative estimate of drug-likeness (QED) is 0.829. The van der Waals surface area contributed by atoms with Crippen molar-refractivity contribution in [3.05, 3.63) is 23.8 Å². The second-order valence-corrected chi connectivity index (χ2v) is 8.78. The summed E-state index contributed by atoms with van der Waals surface area (Å²) in [4.78, 5) is 30.2. The summed E-state index contributed by atoms with van der Waals surface area (Å²) in [5, 5.41) is 6.70. The zero-order valence-corrected chi connectivity index (χ0v) is 16.0. The number of aryl methyl sites for hydroxylation is 1. The van der Waals surface area contributed by atoms with Gasteiger partial charge < -0.3 is 10.6 Å². The Morgan fingerprint density at radius 1 is 1.23 bits per heavy atom. The molecule has 2 fully saturated rings. The number of nitrogens with zero attached hydrogens (tertiary/aromatic N) is 1. The standard InChI is InChI=1S/C20H25N3O2S/c1-13-6-5-7-15-17(13)22-19(26-15)23-18(25)20(10-3-2-4-11-20)12-16(24)21-14-8-9-14/h5-7,14H,2-4,8-12H2,1H3,(H,21,24)(H,22,23,25). The van der Waals surface area contributed by atoms with Crippen LogP contribution in [0.25, 0.3) is 10.2 Å². The van der Waals surface area contributed by atoms with Crippen molar-refractivity contribution in [2.24, 2.45) is 5.41 Å². The van der Waals surface area contributed by atoms with Gasteiger partial charge in [0.15, 0.2) is 5.13 Å². The molecule has 1 aromatic carbocycles. The van der Waals surface area contributed by atoms with Crippen LogP contribution in [-0.2, 0) is 9.59 Å². The number of aromatic nitrogens is 1. The zero-order valence-electron chi connectivity index (χ0n) is 15.1. The van der Waals surface area contributed by atoms with E-state index in [1.807, 2.05) is 25.1 Å². The maximum absolute atomic E-state index is 13.2. The van der Waals surface area contributed by atoms with Crippen LogP contribution in [0.5, 0.6) is 0 Å². The second kappa shape index (κ2) is 6.99. The van der Waals surface area contributed by atoms with Gasteiger partial charge in [0.05, 0.1) is 15.6 Å². The van der Waals surface area contributed by atoms with Crippen molar-refractivity contribution in [2.75, 3.05) is 5.32 Å². The minimum Gasteiger partial charge on any atom is -0.353 e. The smallest absolute Gasteiger partial charge is 0.232 e. The minimum atomic E-state index is -0.593. The Morgan fingerprint density at radius 2 is 2.00 bits per heavy atom. The molecule has 0 aliphatic heterocycles. The maximum atomic E-state index is 13.2. The van der Waals surface area contributed by atoms with E-state index >= 15 is 0 Å². The van der Waals surface area contributed by atoms with Gasteiger partial charge in [-0.1, -0.05) is 42.7 Å². The highest BCUT2D eigenvalue weighted by Gasteiger charge is 2.42. The van der Waals surface area contributed by atoms with Crippen molar-refractivity contribution in [2.45, 2.75) is 64.3 Å². The third-order valence-electron chi connectivity index (χ3n) is 5.57. The van der Waals surface area contributed by atoms with E-state index in [1.54, 1.807) is 0 Å². The molecule has 0 spiro atoms. The van der Waals surface area contributed by atoms with E-state index in [4.69, 9.17) is 0 Å². The normalized spacial score (nSPS) is 19.3. The van der Waals surface area contributed by atoms with Crippen molar-refractivity contribution in [1.29, 1.82) is 0 Å². The summed E-state index contributed by atoms with van der Waals surface area (Å²) in [7, 11) is 0. The molecule has 4 rings (SSSR count). The van der Waals surface area contributed by atoms with E-state index in [-0.39, 0.29) is 11.8 Å². The number of nitrogens with one attached hydrogen (secondary N) is 2. The van der Waals surface area contributed by atoms with Crippen molar-refractivity contribution < 1.29 is 9.59 Å². The second-order valence-electron chi connectivity index (χ2n) is 7.75. The fourth-order valence-electron chi connectivity index (χ4n) is 3.90. The van der Waals surface area contributed by atoms with Gasteiger partial charge in [-0.3, -0.25) is 9.59 Å². The summed E-state index contributed by atoms with van der Waals surface area (Å²) < 4.78 is 1.07. The van der Waals surface area contributed by atoms with Gasteiger partial charge in [-0.25, -0.2) is 4.98 Å². The minimum absolute atomic E-state index is 0.0182. The molecule has 2 N–H and O–H groups in total. The maximum Gasteiger partial charge on any atom is 0.232 e. The molecule has 1 heterocycles. The number of carbonyl (C=O) groups excluding carboxylic acids is 2. The van der Waals surface area contributed by atoms with Crippen LogP contribution >= 0.6 is 11.3 Å². The Labute approximate surface area is 157 Å². The Kier molecular flexibility index (Phi) is 4.69. The van der Waals surface area contributed by atoms with Crippen molar-refractivity contribution >= 4 is 38.5 Å². The number of benzene rings is 1. The van der Waals surface area contributed by atoms with Gasteiger partial charge in [0.2, 0.25) is 11.8 Å². The monoisotopic (exact) mass is 371 g/mol. The molecule has 0 unspecified atom stereocenters. The lowest BCUT2D eigenvalue weighted by Gasteiger charge is -2.35. The van der Waals surface area contributed by atoms with E-state index in [0.29, 0.717) is 17.6 Å². The average Bonchev–Trinajstić information content (AvgIpc) is 3.32. The summed E-state index contributed by atoms with van der Waals surface area (Å²) in [5.74, 6) is -0.0236. The van der Waals surface area contributed by atoms with E-state index < -0.39 is 5.41 Å². The molecule has 2 saturated carbocycles. The van der Waals surface area contributed by atoms with Crippen LogP contribution in [0.1, 0.15) is 56.9 Å². The molecule has 26 heavy (non-hydrogen) atoms. The molecule has 1 aromatic heterocycles. The molecule has 2 aliphatic carbocycles. The number of carbonyl (C=O) groups is 2. The number of anilines is 1. The summed E-state index contributed by atoms with van der Waals surface area (Å²) >= 11 is 1.50. The van der Waals surface area contributed by atoms with Crippen LogP contribution in [0, 0.1) is 12.3 Å². The van der Waals surface area contributed by atoms with Crippen LogP contribution in [-0.4, -0.2) is 22.8 Å². The Bertz CT molecular complexity index is 835. The molecule has 6 heteroatoms. The molecule has 2 aliphatic rings. The number of rotatable bonds is 5. The highest BCUT2D eigenvalue weighted by Crippen LogP contribution is 2.41. The molecular weight excluding hydrogens is 346 g/mol. The first-order valence-electron chi connectivity index (χ1n) is 9.53. The van der Waals surface area contributed by atoms with Gasteiger partial charge in [0, 0.05) is 12.5 Å². The topological polar surface area (TPSA) is 71.1 Å². The molecule has 0 bridgehead atoms. The van der Waals surface area contributed by atoms with Crippen LogP contribution in [0.3, 0.4) is 0 Å². The highest BCUT2D eigenvalue weighted by molar-refractivity contribution is 7.22. The number of amides is 2. The van der Waals surface area contributed by atoms with E-state index in [1.165, 1.54) is 11.3 Å². The first kappa shape index (κ1) is 17.5. The van der Waals surface area contributed by atoms with Gasteiger partial charge in [-0.05, 0) is 44.2 Å². The largest absolute Gasteiger partial charge is 0.353 e. The van der Waals surface area contributed by atoms with Crippen LogP contribution in [0.4, 0.5) is 5.13 Å². The summed E-state index contributed by atoms with van der Waals surface area (Å²) in [5.41, 5.74) is 1.46. The van der Waals surface area contributed by atoms with Gasteiger partial charge in [0.1, 0.15) is 0 Å². The van der Waals surface area contributed by atoms with Crippen LogP contribution < -0.4 is 10.6 Å². The Balaban J connectivity index is 1.53. The molecule has 0 radical (unpaired) electrons. The number of hydrogen-bond acceptors (Lipinski definition) is 4. The predicted molar refractivity (Wildman–Crippen MR) is 104 cm³/mol. The number of para-hydroxylation sites is 1. The summed E-state index contributed by atoms with van der Waals surface area (Å²) in [6.07, 6.45) is 7.12. The number of hydrogen-bond donors (Lipinski definition) is 2. The summed E-state index contributed by atoms with van der Waals surface area (Å²) in [6.45, 7) is 2.03. The van der Waals surface area contributed by atoms with Crippen molar-refractivity contribution in [3.8, 4) is 0 Å². The highest BCUT2D eigenvalue weighted by atomic mass is 32.1. The van der Waals surface area contributed by atoms with Crippen molar-refractivity contribution in [1.82, 2.24) is 10.3 Å². The molecule has 2 amide bonds. The summed E-state index contributed by atoms with van der Waals surface area (Å²) in [6, 6.07) is 6.39. The van der Waals surface area contributed by atoms with Crippen LogP contribution in [0.2, 0.25) is 0 Å². The lowest BCUT2D eigenvalue weighted by atomic mass is 9.71. The fourth-order valence-corrected chi connectivity index (χ4v) is 4.83. The first-order chi connectivity index (χ1) is 12.6. The molecule has 0 atom stereocenters. The third-order valence-corrected chi connectivity index (χ3v) is 6.51. The predicted octanol–water partition coefficient (Wildman–Crippen LogP) is 4.16. The average molecular weight is 372 g/mol. The Hall–Kier alpha value is -1.95. The zero-order chi connectivity index (χ0) is 18.1. The van der Waals surface area contributed by atoms with Crippen molar-refractivity contribution in [3.63, 3.8) is 0 Å². The van der Waals surface area contributed by atoms with Gasteiger partial charge in [-0.2, -0.15) is 0 Å². The molecule has 138 valence electrons. The lowest BCUT2D eigenvalue weighted by Crippen LogP contribution is -2.42. The van der Waals surface area contributed by atoms with Gasteiger partial charge >= 0.3 is 0 Å². The van der Waals surface area contributed by atoms with E-state index in [0.717, 1.165) is 60.7 Å². The SMILES string of the molecule is Cc1cccc2sc(NC(=O)C3(CC(=O)NC4CC4)CCCCC3)nc12. The molecule has 5 nitrogen and oxygen atoms in total.